The molecule has 3 nitrogen and oxygen atoms in total. The van der Waals surface area contributed by atoms with Gasteiger partial charge < -0.3 is 10.4 Å². The second kappa shape index (κ2) is 7.30. The standard InChI is InChI=1S/C13H18ClNO2/c1-10(15-13(17)6-3-7-16)8-11-4-2-5-12(14)9-11/h2,4-5,9-10,16H,3,6-8H2,1H3,(H,15,17). The van der Waals surface area contributed by atoms with Gasteiger partial charge in [0.1, 0.15) is 0 Å². The smallest absolute Gasteiger partial charge is 0.220 e. The molecule has 1 aromatic rings. The monoisotopic (exact) mass is 255 g/mol. The molecule has 0 saturated carbocycles. The Labute approximate surface area is 107 Å². The minimum absolute atomic E-state index is 0.0198. The molecule has 0 fully saturated rings. The summed E-state index contributed by atoms with van der Waals surface area (Å²) in [7, 11) is 0. The normalized spacial score (nSPS) is 12.2. The Morgan fingerprint density at radius 3 is 2.94 bits per heavy atom. The van der Waals surface area contributed by atoms with Crippen LogP contribution in [0.4, 0.5) is 0 Å². The van der Waals surface area contributed by atoms with Crippen molar-refractivity contribution in [2.24, 2.45) is 0 Å². The van der Waals surface area contributed by atoms with Gasteiger partial charge >= 0.3 is 0 Å². The fraction of sp³-hybridized carbons (Fsp3) is 0.462. The van der Waals surface area contributed by atoms with E-state index < -0.39 is 0 Å². The highest BCUT2D eigenvalue weighted by Crippen LogP contribution is 2.12. The first-order valence-corrected chi connectivity index (χ1v) is 6.14. The van der Waals surface area contributed by atoms with Crippen LogP contribution >= 0.6 is 11.6 Å². The van der Waals surface area contributed by atoms with E-state index in [2.05, 4.69) is 5.32 Å². The molecule has 1 aromatic carbocycles. The van der Waals surface area contributed by atoms with Crippen molar-refractivity contribution < 1.29 is 9.90 Å². The molecule has 0 saturated heterocycles. The Kier molecular flexibility index (Phi) is 6.01. The van der Waals surface area contributed by atoms with E-state index in [1.165, 1.54) is 0 Å². The lowest BCUT2D eigenvalue weighted by atomic mass is 10.1. The fourth-order valence-electron chi connectivity index (χ4n) is 1.66. The topological polar surface area (TPSA) is 49.3 Å². The predicted molar refractivity (Wildman–Crippen MR) is 69.1 cm³/mol. The number of halogens is 1. The van der Waals surface area contributed by atoms with E-state index in [1.54, 1.807) is 0 Å². The number of amides is 1. The van der Waals surface area contributed by atoms with Gasteiger partial charge in [-0.3, -0.25) is 4.79 Å². The van der Waals surface area contributed by atoms with Crippen LogP contribution in [0.3, 0.4) is 0 Å². The lowest BCUT2D eigenvalue weighted by Crippen LogP contribution is -2.34. The Morgan fingerprint density at radius 2 is 2.29 bits per heavy atom. The number of carbonyl (C=O) groups excluding carboxylic acids is 1. The third-order valence-electron chi connectivity index (χ3n) is 2.40. The van der Waals surface area contributed by atoms with Crippen LogP contribution in [0, 0.1) is 0 Å². The van der Waals surface area contributed by atoms with Gasteiger partial charge in [-0.1, -0.05) is 23.7 Å². The highest BCUT2D eigenvalue weighted by molar-refractivity contribution is 6.30. The van der Waals surface area contributed by atoms with Gasteiger partial charge in [-0.05, 0) is 37.5 Å². The molecule has 1 rings (SSSR count). The van der Waals surface area contributed by atoms with Crippen molar-refractivity contribution in [1.29, 1.82) is 0 Å². The third kappa shape index (κ3) is 5.71. The van der Waals surface area contributed by atoms with Gasteiger partial charge in [0.15, 0.2) is 0 Å². The first kappa shape index (κ1) is 14.0. The quantitative estimate of drug-likeness (QED) is 0.819. The van der Waals surface area contributed by atoms with E-state index in [-0.39, 0.29) is 18.6 Å². The molecule has 0 heterocycles. The molecule has 94 valence electrons. The summed E-state index contributed by atoms with van der Waals surface area (Å²) in [6.07, 6.45) is 1.64. The minimum atomic E-state index is -0.0198. The summed E-state index contributed by atoms with van der Waals surface area (Å²) in [4.78, 5) is 11.4. The molecule has 1 unspecified atom stereocenters. The summed E-state index contributed by atoms with van der Waals surface area (Å²) in [5.41, 5.74) is 1.10. The van der Waals surface area contributed by atoms with E-state index in [9.17, 15) is 4.79 Å². The highest BCUT2D eigenvalue weighted by atomic mass is 35.5. The van der Waals surface area contributed by atoms with E-state index in [0.717, 1.165) is 12.0 Å². The molecule has 1 amide bonds. The third-order valence-corrected chi connectivity index (χ3v) is 2.64. The molecule has 4 heteroatoms. The second-order valence-electron chi connectivity index (χ2n) is 4.13. The van der Waals surface area contributed by atoms with E-state index in [0.29, 0.717) is 17.9 Å². The molecule has 0 bridgehead atoms. The average molecular weight is 256 g/mol. The number of aliphatic hydroxyl groups excluding tert-OH is 1. The maximum atomic E-state index is 11.4. The summed E-state index contributed by atoms with van der Waals surface area (Å²) >= 11 is 5.89. The molecule has 0 aliphatic heterocycles. The number of benzene rings is 1. The number of aliphatic hydroxyl groups is 1. The van der Waals surface area contributed by atoms with Crippen molar-refractivity contribution in [3.63, 3.8) is 0 Å². The van der Waals surface area contributed by atoms with Crippen molar-refractivity contribution in [3.05, 3.63) is 34.9 Å². The molecule has 0 aliphatic carbocycles. The van der Waals surface area contributed by atoms with Crippen LogP contribution in [0.5, 0.6) is 0 Å². The lowest BCUT2D eigenvalue weighted by molar-refractivity contribution is -0.121. The van der Waals surface area contributed by atoms with Gasteiger partial charge in [0.25, 0.3) is 0 Å². The number of rotatable bonds is 6. The van der Waals surface area contributed by atoms with Gasteiger partial charge in [0, 0.05) is 24.1 Å². The summed E-state index contributed by atoms with van der Waals surface area (Å²) in [5.74, 6) is -0.0198. The zero-order chi connectivity index (χ0) is 12.7. The first-order valence-electron chi connectivity index (χ1n) is 5.76. The van der Waals surface area contributed by atoms with Crippen molar-refractivity contribution >= 4 is 17.5 Å². The maximum Gasteiger partial charge on any atom is 0.220 e. The van der Waals surface area contributed by atoms with Crippen molar-refractivity contribution in [2.75, 3.05) is 6.61 Å². The molecule has 0 spiro atoms. The molecule has 1 atom stereocenters. The Bertz CT molecular complexity index is 368. The van der Waals surface area contributed by atoms with Crippen LogP contribution in [0.25, 0.3) is 0 Å². The van der Waals surface area contributed by atoms with Crippen molar-refractivity contribution in [2.45, 2.75) is 32.2 Å². The van der Waals surface area contributed by atoms with Crippen LogP contribution in [-0.4, -0.2) is 23.7 Å². The lowest BCUT2D eigenvalue weighted by Gasteiger charge is -2.14. The van der Waals surface area contributed by atoms with Gasteiger partial charge in [-0.25, -0.2) is 0 Å². The van der Waals surface area contributed by atoms with Gasteiger partial charge in [-0.2, -0.15) is 0 Å². The Balaban J connectivity index is 2.39. The minimum Gasteiger partial charge on any atom is -0.396 e. The van der Waals surface area contributed by atoms with Crippen LogP contribution in [0.2, 0.25) is 5.02 Å². The van der Waals surface area contributed by atoms with Crippen molar-refractivity contribution in [3.8, 4) is 0 Å². The Hall–Kier alpha value is -1.06. The van der Waals surface area contributed by atoms with Gasteiger partial charge in [-0.15, -0.1) is 0 Å². The van der Waals surface area contributed by atoms with Crippen LogP contribution in [0.1, 0.15) is 25.3 Å². The van der Waals surface area contributed by atoms with Gasteiger partial charge in [0.2, 0.25) is 5.91 Å². The summed E-state index contributed by atoms with van der Waals surface area (Å²) < 4.78 is 0. The molecular weight excluding hydrogens is 238 g/mol. The zero-order valence-corrected chi connectivity index (χ0v) is 10.7. The maximum absolute atomic E-state index is 11.4. The summed E-state index contributed by atoms with van der Waals surface area (Å²) in [6.45, 7) is 2.01. The zero-order valence-electron chi connectivity index (χ0n) is 9.95. The highest BCUT2D eigenvalue weighted by Gasteiger charge is 2.07. The molecule has 0 aromatic heterocycles. The van der Waals surface area contributed by atoms with Gasteiger partial charge in [0.05, 0.1) is 0 Å². The van der Waals surface area contributed by atoms with E-state index in [4.69, 9.17) is 16.7 Å². The molecule has 2 N–H and O–H groups in total. The number of nitrogens with one attached hydrogen (secondary N) is 1. The summed E-state index contributed by atoms with van der Waals surface area (Å²) in [5, 5.41) is 12.2. The van der Waals surface area contributed by atoms with Crippen molar-refractivity contribution in [1.82, 2.24) is 5.32 Å². The predicted octanol–water partition coefficient (Wildman–Crippen LogP) is 2.16. The van der Waals surface area contributed by atoms with E-state index in [1.807, 2.05) is 31.2 Å². The summed E-state index contributed by atoms with van der Waals surface area (Å²) in [6, 6.07) is 7.69. The molecule has 0 radical (unpaired) electrons. The molecule has 0 aliphatic rings. The Morgan fingerprint density at radius 1 is 1.53 bits per heavy atom. The first-order chi connectivity index (χ1) is 8.11. The van der Waals surface area contributed by atoms with E-state index >= 15 is 0 Å². The molecule has 17 heavy (non-hydrogen) atoms. The number of hydrogen-bond acceptors (Lipinski definition) is 2. The largest absolute Gasteiger partial charge is 0.396 e. The second-order valence-corrected chi connectivity index (χ2v) is 4.57. The average Bonchev–Trinajstić information content (AvgIpc) is 2.26. The molecular formula is C13H18ClNO2. The fourth-order valence-corrected chi connectivity index (χ4v) is 1.87. The van der Waals surface area contributed by atoms with Crippen LogP contribution in [-0.2, 0) is 11.2 Å². The van der Waals surface area contributed by atoms with Crippen LogP contribution in [0.15, 0.2) is 24.3 Å². The number of hydrogen-bond donors (Lipinski definition) is 2. The van der Waals surface area contributed by atoms with Crippen LogP contribution < -0.4 is 5.32 Å². The number of carbonyl (C=O) groups is 1. The SMILES string of the molecule is CC(Cc1cccc(Cl)c1)NC(=O)CCCO.